The highest BCUT2D eigenvalue weighted by Gasteiger charge is 2.35. The molecule has 0 amide bonds. The molecule has 0 aromatic heterocycles. The van der Waals surface area contributed by atoms with Crippen molar-refractivity contribution in [3.05, 3.63) is 287 Å². The van der Waals surface area contributed by atoms with E-state index >= 15 is 0 Å². The largest absolute Gasteiger partial charge is 0.310 e. The van der Waals surface area contributed by atoms with E-state index in [1.54, 1.807) is 0 Å². The molecule has 2 aliphatic carbocycles. The number of hydrogen-bond donors (Lipinski definition) is 0. The molecular formula is C83H70N2. The van der Waals surface area contributed by atoms with E-state index in [2.05, 4.69) is 315 Å². The number of fused-ring (bicyclic) bond motifs is 6. The van der Waals surface area contributed by atoms with Crippen molar-refractivity contribution in [1.29, 1.82) is 0 Å². The molecule has 13 aromatic rings. The van der Waals surface area contributed by atoms with Crippen molar-refractivity contribution in [3.63, 3.8) is 0 Å². The van der Waals surface area contributed by atoms with Gasteiger partial charge in [0.2, 0.25) is 0 Å². The van der Waals surface area contributed by atoms with Crippen LogP contribution < -0.4 is 9.80 Å². The SMILES string of the molecule is Cc1ccc(N(c2ccc(C(C)(C)C)cc2)c2ccc3c(-c4ccc5c6c(cccc46)C(C)(C)c4ccccc4-5)c4cc(N(c5ccc(C)cc5)c5ccc(C(C)C)cc5)ccc4c(-c4ccc5c6c(cccc46)Cc4ccccc4-5)c3c2)cc1. The van der Waals surface area contributed by atoms with Gasteiger partial charge in [-0.15, -0.1) is 0 Å². The van der Waals surface area contributed by atoms with Crippen molar-refractivity contribution in [2.45, 2.75) is 85.5 Å². The first kappa shape index (κ1) is 52.3. The van der Waals surface area contributed by atoms with E-state index in [1.165, 1.54) is 132 Å². The van der Waals surface area contributed by atoms with Crippen LogP contribution in [0, 0.1) is 13.8 Å². The highest BCUT2D eigenvalue weighted by atomic mass is 15.1. The van der Waals surface area contributed by atoms with Crippen LogP contribution in [-0.4, -0.2) is 0 Å². The van der Waals surface area contributed by atoms with Crippen molar-refractivity contribution < 1.29 is 0 Å². The lowest BCUT2D eigenvalue weighted by Crippen LogP contribution is -2.23. The van der Waals surface area contributed by atoms with Gasteiger partial charge in [0.05, 0.1) is 0 Å². The number of benzene rings is 13. The standard InChI is InChI=1S/C83H70N2/c1-51(2)54-28-36-60(37-29-54)84(58-32-24-52(3)25-33-58)62-40-42-72-75(49-62)80(71-47-45-69-65-19-12-13-22-76(65)83(8,9)77-23-15-21-67(71)81(69)77)73-43-41-63(85(59-34-26-53(4)27-35-59)61-38-30-57(31-39-61)82(5,6)7)50-74(73)79(72)70-46-44-68-64-18-11-10-16-55(64)48-56-17-14-20-66(70)78(56)68/h10-47,49-51H,48H2,1-9H3. The minimum absolute atomic E-state index is 0.0135. The van der Waals surface area contributed by atoms with Crippen molar-refractivity contribution in [2.75, 3.05) is 9.80 Å². The lowest BCUT2D eigenvalue weighted by Gasteiger charge is -2.35. The van der Waals surface area contributed by atoms with Crippen LogP contribution in [-0.2, 0) is 17.3 Å². The zero-order valence-corrected chi connectivity index (χ0v) is 50.3. The Labute approximate surface area is 501 Å². The minimum atomic E-state index is -0.211. The van der Waals surface area contributed by atoms with Crippen molar-refractivity contribution in [3.8, 4) is 44.5 Å². The van der Waals surface area contributed by atoms with Crippen LogP contribution in [0.2, 0.25) is 0 Å². The molecule has 0 N–H and O–H groups in total. The molecule has 0 spiro atoms. The van der Waals surface area contributed by atoms with E-state index in [9.17, 15) is 0 Å². The van der Waals surface area contributed by atoms with Gasteiger partial charge in [-0.3, -0.25) is 0 Å². The second kappa shape index (κ2) is 19.8. The van der Waals surface area contributed by atoms with Crippen LogP contribution in [0.25, 0.3) is 87.6 Å². The first-order valence-corrected chi connectivity index (χ1v) is 30.5. The monoisotopic (exact) mass is 1090 g/mol. The Morgan fingerprint density at radius 1 is 0.353 bits per heavy atom. The summed E-state index contributed by atoms with van der Waals surface area (Å²) in [5.41, 5.74) is 27.2. The van der Waals surface area contributed by atoms with Crippen molar-refractivity contribution in [1.82, 2.24) is 0 Å². The molecular weight excluding hydrogens is 1020 g/mol. The van der Waals surface area contributed by atoms with E-state index in [0.717, 1.165) is 40.5 Å². The number of aryl methyl sites for hydroxylation is 2. The molecule has 0 aliphatic heterocycles. The Kier molecular flexibility index (Phi) is 12.2. The van der Waals surface area contributed by atoms with Crippen LogP contribution in [0.1, 0.15) is 98.9 Å². The van der Waals surface area contributed by atoms with Gasteiger partial charge in [0, 0.05) is 39.5 Å². The summed E-state index contributed by atoms with van der Waals surface area (Å²) in [7, 11) is 0. The maximum absolute atomic E-state index is 2.52. The molecule has 85 heavy (non-hydrogen) atoms. The summed E-state index contributed by atoms with van der Waals surface area (Å²) in [5.74, 6) is 0.418. The highest BCUT2D eigenvalue weighted by Crippen LogP contribution is 2.55. The summed E-state index contributed by atoms with van der Waals surface area (Å²) in [6.45, 7) is 20.6. The average molecular weight is 1100 g/mol. The quantitative estimate of drug-likeness (QED) is 0.133. The Hall–Kier alpha value is -9.50. The molecule has 0 atom stereocenters. The summed E-state index contributed by atoms with van der Waals surface area (Å²) < 4.78 is 0. The van der Waals surface area contributed by atoms with Gasteiger partial charge >= 0.3 is 0 Å². The van der Waals surface area contributed by atoms with Crippen LogP contribution in [0.3, 0.4) is 0 Å². The van der Waals surface area contributed by atoms with Gasteiger partial charge in [-0.2, -0.15) is 0 Å². The number of nitrogens with zero attached hydrogens (tertiary/aromatic N) is 2. The van der Waals surface area contributed by atoms with Gasteiger partial charge in [0.15, 0.2) is 0 Å². The Bertz CT molecular complexity index is 4820. The van der Waals surface area contributed by atoms with E-state index < -0.39 is 0 Å². The molecule has 2 aliphatic rings. The molecule has 0 radical (unpaired) electrons. The van der Waals surface area contributed by atoms with Gasteiger partial charge in [0.1, 0.15) is 0 Å². The van der Waals surface area contributed by atoms with Crippen molar-refractivity contribution >= 4 is 77.2 Å². The lowest BCUT2D eigenvalue weighted by molar-refractivity contribution is 0.590. The summed E-state index contributed by atoms with van der Waals surface area (Å²) >= 11 is 0. The number of rotatable bonds is 9. The molecule has 0 saturated heterocycles. The molecule has 2 nitrogen and oxygen atoms in total. The van der Waals surface area contributed by atoms with E-state index in [0.29, 0.717) is 5.92 Å². The number of hydrogen-bond acceptors (Lipinski definition) is 2. The van der Waals surface area contributed by atoms with Gasteiger partial charge in [-0.05, 0) is 225 Å². The van der Waals surface area contributed by atoms with Gasteiger partial charge < -0.3 is 9.80 Å². The second-order valence-corrected chi connectivity index (χ2v) is 26.0. The van der Waals surface area contributed by atoms with Crippen LogP contribution in [0.15, 0.2) is 243 Å². The zero-order chi connectivity index (χ0) is 58.0. The third-order valence-electron chi connectivity index (χ3n) is 19.0. The fourth-order valence-electron chi connectivity index (χ4n) is 14.5. The first-order valence-electron chi connectivity index (χ1n) is 30.5. The molecule has 0 bridgehead atoms. The second-order valence-electron chi connectivity index (χ2n) is 26.0. The Balaban J connectivity index is 1.09. The molecule has 412 valence electrons. The third-order valence-corrected chi connectivity index (χ3v) is 19.0. The summed E-state index contributed by atoms with van der Waals surface area (Å²) in [6.07, 6.45) is 0.900. The Morgan fingerprint density at radius 3 is 1.34 bits per heavy atom. The zero-order valence-electron chi connectivity index (χ0n) is 50.3. The maximum atomic E-state index is 2.52. The molecule has 13 aromatic carbocycles. The smallest absolute Gasteiger partial charge is 0.0468 e. The van der Waals surface area contributed by atoms with Gasteiger partial charge in [0.25, 0.3) is 0 Å². The molecule has 15 rings (SSSR count). The molecule has 0 saturated carbocycles. The molecule has 2 heteroatoms. The van der Waals surface area contributed by atoms with E-state index in [-0.39, 0.29) is 10.8 Å². The topological polar surface area (TPSA) is 6.48 Å². The third kappa shape index (κ3) is 8.51. The van der Waals surface area contributed by atoms with Gasteiger partial charge in [-0.1, -0.05) is 229 Å². The molecule has 0 fully saturated rings. The van der Waals surface area contributed by atoms with E-state index in [4.69, 9.17) is 0 Å². The summed E-state index contributed by atoms with van der Waals surface area (Å²) in [6, 6.07) is 93.2. The minimum Gasteiger partial charge on any atom is -0.310 e. The molecule has 0 heterocycles. The van der Waals surface area contributed by atoms with Gasteiger partial charge in [-0.25, -0.2) is 0 Å². The number of anilines is 6. The average Bonchev–Trinajstić information content (AvgIpc) is 0.805. The fraction of sp³-hybridized carbons (Fsp3) is 0.157. The highest BCUT2D eigenvalue weighted by molar-refractivity contribution is 6.28. The predicted octanol–water partition coefficient (Wildman–Crippen LogP) is 23.5. The maximum Gasteiger partial charge on any atom is 0.0468 e. The van der Waals surface area contributed by atoms with Crippen molar-refractivity contribution in [2.24, 2.45) is 0 Å². The normalized spacial score (nSPS) is 13.2. The van der Waals surface area contributed by atoms with Crippen LogP contribution >= 0.6 is 0 Å². The summed E-state index contributed by atoms with van der Waals surface area (Å²) in [4.78, 5) is 4.92. The van der Waals surface area contributed by atoms with Crippen LogP contribution in [0.5, 0.6) is 0 Å². The first-order chi connectivity index (χ1) is 41.2. The Morgan fingerprint density at radius 2 is 0.788 bits per heavy atom. The predicted molar refractivity (Wildman–Crippen MR) is 365 cm³/mol. The fourth-order valence-corrected chi connectivity index (χ4v) is 14.5. The van der Waals surface area contributed by atoms with E-state index in [1.807, 2.05) is 0 Å². The van der Waals surface area contributed by atoms with Crippen LogP contribution in [0.4, 0.5) is 34.1 Å². The lowest BCUT2D eigenvalue weighted by atomic mass is 9.68. The summed E-state index contributed by atoms with van der Waals surface area (Å²) in [5, 5.41) is 10.1. The molecule has 0 unspecified atom stereocenters.